The summed E-state index contributed by atoms with van der Waals surface area (Å²) >= 11 is 6.95. The van der Waals surface area contributed by atoms with Gasteiger partial charge in [-0.15, -0.1) is 11.3 Å². The summed E-state index contributed by atoms with van der Waals surface area (Å²) in [5.74, 6) is -1.25. The van der Waals surface area contributed by atoms with Crippen LogP contribution in [-0.2, 0) is 0 Å². The molecule has 2 aromatic rings. The summed E-state index contributed by atoms with van der Waals surface area (Å²) in [6.07, 6.45) is 0. The molecule has 0 aliphatic rings. The van der Waals surface area contributed by atoms with Gasteiger partial charge < -0.3 is 10.4 Å². The fourth-order valence-electron chi connectivity index (χ4n) is 2.02. The van der Waals surface area contributed by atoms with Gasteiger partial charge in [0.15, 0.2) is 0 Å². The fourth-order valence-corrected chi connectivity index (χ4v) is 3.15. The summed E-state index contributed by atoms with van der Waals surface area (Å²) < 4.78 is 0. The first-order valence-corrected chi connectivity index (χ1v) is 7.76. The molecule has 5 nitrogen and oxygen atoms in total. The fraction of sp³-hybridized carbons (Fsp3) is 0.267. The van der Waals surface area contributed by atoms with Gasteiger partial charge in [0, 0.05) is 10.6 Å². The summed E-state index contributed by atoms with van der Waals surface area (Å²) in [6, 6.07) is 4.66. The van der Waals surface area contributed by atoms with Crippen LogP contribution < -0.4 is 5.32 Å². The van der Waals surface area contributed by atoms with Crippen molar-refractivity contribution in [3.8, 4) is 0 Å². The van der Waals surface area contributed by atoms with E-state index in [0.717, 1.165) is 16.9 Å². The molecule has 0 bridgehead atoms. The molecular formula is C15H15ClN2O3S. The third-order valence-corrected chi connectivity index (χ3v) is 4.72. The number of carbonyl (C=O) groups is 2. The lowest BCUT2D eigenvalue weighted by Crippen LogP contribution is -2.27. The topological polar surface area (TPSA) is 79.3 Å². The summed E-state index contributed by atoms with van der Waals surface area (Å²) in [6.45, 7) is 5.22. The van der Waals surface area contributed by atoms with Gasteiger partial charge in [-0.25, -0.2) is 9.78 Å². The number of carboxylic acid groups (broad SMARTS) is 1. The predicted octanol–water partition coefficient (Wildman–Crippen LogP) is 3.60. The highest BCUT2D eigenvalue weighted by molar-refractivity contribution is 7.13. The monoisotopic (exact) mass is 338 g/mol. The maximum Gasteiger partial charge on any atom is 0.347 e. The molecule has 0 saturated carbocycles. The summed E-state index contributed by atoms with van der Waals surface area (Å²) in [5, 5.41) is 13.0. The van der Waals surface area contributed by atoms with Crippen LogP contribution in [0.15, 0.2) is 18.2 Å². The molecule has 7 heteroatoms. The Bertz CT molecular complexity index is 742. The first-order chi connectivity index (χ1) is 10.3. The summed E-state index contributed by atoms with van der Waals surface area (Å²) in [7, 11) is 0. The van der Waals surface area contributed by atoms with Crippen LogP contribution >= 0.6 is 22.9 Å². The van der Waals surface area contributed by atoms with Crippen LogP contribution in [0.5, 0.6) is 0 Å². The van der Waals surface area contributed by atoms with Crippen LogP contribution in [-0.4, -0.2) is 22.0 Å². The minimum absolute atomic E-state index is 0.193. The largest absolute Gasteiger partial charge is 0.477 e. The molecule has 1 atom stereocenters. The van der Waals surface area contributed by atoms with E-state index < -0.39 is 5.97 Å². The number of nitrogens with zero attached hydrogens (tertiary/aromatic N) is 1. The molecule has 116 valence electrons. The summed E-state index contributed by atoms with van der Waals surface area (Å²) in [4.78, 5) is 27.8. The molecule has 1 heterocycles. The first-order valence-electron chi connectivity index (χ1n) is 6.57. The van der Waals surface area contributed by atoms with E-state index in [4.69, 9.17) is 16.7 Å². The number of aromatic carboxylic acids is 1. The van der Waals surface area contributed by atoms with E-state index >= 15 is 0 Å². The van der Waals surface area contributed by atoms with Gasteiger partial charge in [-0.2, -0.15) is 0 Å². The number of nitrogens with one attached hydrogen (secondary N) is 1. The Hall–Kier alpha value is -1.92. The van der Waals surface area contributed by atoms with Crippen molar-refractivity contribution in [1.29, 1.82) is 0 Å². The van der Waals surface area contributed by atoms with Gasteiger partial charge >= 0.3 is 5.97 Å². The molecule has 0 fully saturated rings. The zero-order valence-electron chi connectivity index (χ0n) is 12.3. The lowest BCUT2D eigenvalue weighted by atomic mass is 10.1. The molecule has 0 aliphatic heterocycles. The molecule has 0 spiro atoms. The van der Waals surface area contributed by atoms with Crippen LogP contribution in [0.1, 0.15) is 49.3 Å². The van der Waals surface area contributed by atoms with Crippen molar-refractivity contribution in [1.82, 2.24) is 10.3 Å². The molecular weight excluding hydrogens is 324 g/mol. The van der Waals surface area contributed by atoms with E-state index in [1.165, 1.54) is 0 Å². The van der Waals surface area contributed by atoms with Crippen LogP contribution in [0.4, 0.5) is 0 Å². The van der Waals surface area contributed by atoms with E-state index in [0.29, 0.717) is 21.3 Å². The van der Waals surface area contributed by atoms with Gasteiger partial charge in [-0.05, 0) is 44.5 Å². The number of halogens is 1. The van der Waals surface area contributed by atoms with Gasteiger partial charge in [0.1, 0.15) is 9.88 Å². The molecule has 1 unspecified atom stereocenters. The second kappa shape index (κ2) is 6.46. The number of aryl methyl sites for hydroxylation is 2. The molecule has 2 rings (SSSR count). The van der Waals surface area contributed by atoms with Crippen molar-refractivity contribution in [3.63, 3.8) is 0 Å². The van der Waals surface area contributed by atoms with Crippen molar-refractivity contribution >= 4 is 34.8 Å². The lowest BCUT2D eigenvalue weighted by Gasteiger charge is -2.12. The number of hydrogen-bond donors (Lipinski definition) is 2. The second-order valence-corrected chi connectivity index (χ2v) is 6.39. The molecule has 1 amide bonds. The zero-order chi connectivity index (χ0) is 16.4. The Kier molecular flexibility index (Phi) is 4.83. The Balaban J connectivity index is 2.17. The second-order valence-electron chi connectivity index (χ2n) is 4.93. The van der Waals surface area contributed by atoms with Crippen molar-refractivity contribution in [2.24, 2.45) is 0 Å². The van der Waals surface area contributed by atoms with E-state index in [1.54, 1.807) is 32.0 Å². The van der Waals surface area contributed by atoms with Crippen LogP contribution in [0.25, 0.3) is 0 Å². The van der Waals surface area contributed by atoms with Gasteiger partial charge in [0.05, 0.1) is 11.7 Å². The third-order valence-electron chi connectivity index (χ3n) is 3.16. The molecule has 22 heavy (non-hydrogen) atoms. The number of amides is 1. The van der Waals surface area contributed by atoms with Crippen molar-refractivity contribution in [2.75, 3.05) is 0 Å². The van der Waals surface area contributed by atoms with E-state index in [-0.39, 0.29) is 16.8 Å². The molecule has 0 aliphatic carbocycles. The molecule has 1 aromatic carbocycles. The summed E-state index contributed by atoms with van der Waals surface area (Å²) in [5.41, 5.74) is 1.76. The predicted molar refractivity (Wildman–Crippen MR) is 85.9 cm³/mol. The zero-order valence-corrected chi connectivity index (χ0v) is 13.9. The lowest BCUT2D eigenvalue weighted by molar-refractivity contribution is 0.0701. The number of thiazole rings is 1. The van der Waals surface area contributed by atoms with Gasteiger partial charge in [-0.1, -0.05) is 11.6 Å². The highest BCUT2D eigenvalue weighted by Gasteiger charge is 2.20. The number of rotatable bonds is 4. The number of carboxylic acids is 1. The average molecular weight is 339 g/mol. The maximum atomic E-state index is 12.3. The number of hydrogen-bond acceptors (Lipinski definition) is 4. The Morgan fingerprint density at radius 1 is 1.36 bits per heavy atom. The van der Waals surface area contributed by atoms with Crippen LogP contribution in [0.3, 0.4) is 0 Å². The average Bonchev–Trinajstić information content (AvgIpc) is 2.80. The highest BCUT2D eigenvalue weighted by atomic mass is 35.5. The minimum Gasteiger partial charge on any atom is -0.477 e. The number of benzene rings is 1. The van der Waals surface area contributed by atoms with Gasteiger partial charge in [-0.3, -0.25) is 4.79 Å². The molecule has 0 radical (unpaired) electrons. The van der Waals surface area contributed by atoms with Crippen molar-refractivity contribution in [2.45, 2.75) is 26.8 Å². The van der Waals surface area contributed by atoms with Gasteiger partial charge in [0.2, 0.25) is 0 Å². The Labute approximate surface area is 137 Å². The number of aromatic nitrogens is 1. The highest BCUT2D eigenvalue weighted by Crippen LogP contribution is 2.24. The molecule has 1 aromatic heterocycles. The first kappa shape index (κ1) is 16.5. The smallest absolute Gasteiger partial charge is 0.347 e. The normalized spacial score (nSPS) is 12.0. The Morgan fingerprint density at radius 3 is 2.59 bits per heavy atom. The van der Waals surface area contributed by atoms with Gasteiger partial charge in [0.25, 0.3) is 5.91 Å². The van der Waals surface area contributed by atoms with Crippen LogP contribution in [0, 0.1) is 13.8 Å². The third kappa shape index (κ3) is 3.45. The SMILES string of the molecule is Cc1cc(Cl)ccc1C(=O)NC(C)c1nc(C)c(C(=O)O)s1. The Morgan fingerprint density at radius 2 is 2.05 bits per heavy atom. The van der Waals surface area contributed by atoms with E-state index in [1.807, 2.05) is 6.92 Å². The van der Waals surface area contributed by atoms with E-state index in [9.17, 15) is 9.59 Å². The standard InChI is InChI=1S/C15H15ClN2O3S/c1-7-6-10(16)4-5-11(7)13(19)17-9(3)14-18-8(2)12(22-14)15(20)21/h4-6,9H,1-3H3,(H,17,19)(H,20,21). The quantitative estimate of drug-likeness (QED) is 0.892. The van der Waals surface area contributed by atoms with Crippen molar-refractivity contribution in [3.05, 3.63) is 49.9 Å². The molecule has 2 N–H and O–H groups in total. The van der Waals surface area contributed by atoms with Crippen LogP contribution in [0.2, 0.25) is 5.02 Å². The maximum absolute atomic E-state index is 12.3. The van der Waals surface area contributed by atoms with Crippen molar-refractivity contribution < 1.29 is 14.7 Å². The molecule has 0 saturated heterocycles. The van der Waals surface area contributed by atoms with E-state index in [2.05, 4.69) is 10.3 Å². The minimum atomic E-state index is -1.01. The number of carbonyl (C=O) groups excluding carboxylic acids is 1.